The van der Waals surface area contributed by atoms with Gasteiger partial charge in [0, 0.05) is 18.0 Å². The molecule has 0 amide bonds. The fourth-order valence-electron chi connectivity index (χ4n) is 2.58. The Labute approximate surface area is 169 Å². The van der Waals surface area contributed by atoms with Crippen molar-refractivity contribution in [1.29, 1.82) is 0 Å². The van der Waals surface area contributed by atoms with E-state index in [0.29, 0.717) is 0 Å². The Morgan fingerprint density at radius 1 is 0.964 bits per heavy atom. The number of unbranched alkanes of at least 4 members (excludes halogenated alkanes) is 7. The first kappa shape index (κ1) is 25.9. The lowest BCUT2D eigenvalue weighted by molar-refractivity contribution is -0.306. The molecule has 0 saturated carbocycles. The molecule has 0 radical (unpaired) electrons. The highest BCUT2D eigenvalue weighted by molar-refractivity contribution is 5.86. The van der Waals surface area contributed by atoms with Crippen molar-refractivity contribution in [3.63, 3.8) is 0 Å². The van der Waals surface area contributed by atoms with Crippen LogP contribution in [0.25, 0.3) is 0 Å². The highest BCUT2D eigenvalue weighted by Crippen LogP contribution is 2.13. The molecular formula is C22H35O6-. The molecular weight excluding hydrogens is 360 g/mol. The van der Waals surface area contributed by atoms with E-state index in [4.69, 9.17) is 9.47 Å². The lowest BCUT2D eigenvalue weighted by atomic mass is 10.0. The topological polar surface area (TPSA) is 92.7 Å². The maximum absolute atomic E-state index is 12.0. The number of hydrogen-bond donors (Lipinski definition) is 0. The predicted molar refractivity (Wildman–Crippen MR) is 106 cm³/mol. The molecule has 0 aromatic heterocycles. The monoisotopic (exact) mass is 395 g/mol. The van der Waals surface area contributed by atoms with Gasteiger partial charge in [0.25, 0.3) is 0 Å². The number of hydrogen-bond acceptors (Lipinski definition) is 6. The molecule has 0 aliphatic heterocycles. The number of esters is 2. The Hall–Kier alpha value is -2.11. The minimum atomic E-state index is -1.30. The van der Waals surface area contributed by atoms with E-state index in [9.17, 15) is 19.5 Å². The molecule has 0 aromatic rings. The summed E-state index contributed by atoms with van der Waals surface area (Å²) in [5, 5.41) is 10.9. The van der Waals surface area contributed by atoms with Crippen molar-refractivity contribution in [3.8, 4) is 0 Å². The van der Waals surface area contributed by atoms with E-state index in [1.807, 2.05) is 12.2 Å². The zero-order chi connectivity index (χ0) is 21.2. The molecule has 0 spiro atoms. The van der Waals surface area contributed by atoms with Crippen LogP contribution in [0.5, 0.6) is 0 Å². The summed E-state index contributed by atoms with van der Waals surface area (Å²) in [5.74, 6) is -3.28. The Morgan fingerprint density at radius 3 is 2.18 bits per heavy atom. The van der Waals surface area contributed by atoms with Crippen LogP contribution in [0.1, 0.15) is 78.1 Å². The van der Waals surface area contributed by atoms with Gasteiger partial charge >= 0.3 is 11.9 Å². The van der Waals surface area contributed by atoms with Gasteiger partial charge in [-0.25, -0.2) is 4.79 Å². The minimum absolute atomic E-state index is 0.0937. The molecule has 0 aliphatic rings. The van der Waals surface area contributed by atoms with Gasteiger partial charge in [0.1, 0.15) is 13.2 Å². The summed E-state index contributed by atoms with van der Waals surface area (Å²) >= 11 is 0. The molecule has 0 bridgehead atoms. The number of allylic oxidation sites excluding steroid dienone is 2. The summed E-state index contributed by atoms with van der Waals surface area (Å²) < 4.78 is 9.83. The van der Waals surface area contributed by atoms with Crippen molar-refractivity contribution < 1.29 is 29.0 Å². The number of ether oxygens (including phenoxy) is 2. The normalized spacial score (nSPS) is 11.9. The molecule has 160 valence electrons. The first-order valence-corrected chi connectivity index (χ1v) is 10.2. The van der Waals surface area contributed by atoms with Crippen molar-refractivity contribution in [2.24, 2.45) is 5.92 Å². The van der Waals surface area contributed by atoms with Crippen LogP contribution in [0.3, 0.4) is 0 Å². The third-order valence-corrected chi connectivity index (χ3v) is 4.22. The van der Waals surface area contributed by atoms with Gasteiger partial charge in [-0.3, -0.25) is 4.79 Å². The lowest BCUT2D eigenvalue weighted by Crippen LogP contribution is -2.30. The maximum Gasteiger partial charge on any atom is 0.333 e. The molecule has 0 N–H and O–H groups in total. The van der Waals surface area contributed by atoms with Crippen LogP contribution in [0.2, 0.25) is 0 Å². The Bertz CT molecular complexity index is 509. The standard InChI is InChI=1S/C22H36O6/c1-4-5-6-7-8-9-10-11-12-13-14-19(17-20(23)24)22(26)28-16-15-27-21(25)18(2)3/h12-13,19H,2,4-11,14-17H2,1,3H3,(H,23,24)/p-1/b13-12+. The highest BCUT2D eigenvalue weighted by Gasteiger charge is 2.19. The smallest absolute Gasteiger partial charge is 0.333 e. The number of aliphatic carboxylic acids is 1. The maximum atomic E-state index is 12.0. The Kier molecular flexibility index (Phi) is 15.7. The first-order chi connectivity index (χ1) is 13.4. The van der Waals surface area contributed by atoms with E-state index >= 15 is 0 Å². The highest BCUT2D eigenvalue weighted by atomic mass is 16.6. The first-order valence-electron chi connectivity index (χ1n) is 10.2. The van der Waals surface area contributed by atoms with Crippen LogP contribution < -0.4 is 5.11 Å². The predicted octanol–water partition coefficient (Wildman–Crippen LogP) is 3.49. The molecule has 0 rings (SSSR count). The minimum Gasteiger partial charge on any atom is -0.550 e. The van der Waals surface area contributed by atoms with Crippen molar-refractivity contribution in [1.82, 2.24) is 0 Å². The van der Waals surface area contributed by atoms with E-state index in [0.717, 1.165) is 12.8 Å². The summed E-state index contributed by atoms with van der Waals surface area (Å²) in [5.41, 5.74) is 0.257. The SMILES string of the molecule is C=C(C)C(=O)OCCOC(=O)C(C/C=C/CCCCCCCCC)CC(=O)[O-]. The summed E-state index contributed by atoms with van der Waals surface area (Å²) in [4.78, 5) is 34.1. The summed E-state index contributed by atoms with van der Waals surface area (Å²) in [6, 6.07) is 0. The van der Waals surface area contributed by atoms with Crippen LogP contribution in [0, 0.1) is 5.92 Å². The van der Waals surface area contributed by atoms with E-state index < -0.39 is 30.2 Å². The Morgan fingerprint density at radius 2 is 1.57 bits per heavy atom. The molecule has 0 aliphatic carbocycles. The second kappa shape index (κ2) is 17.0. The van der Waals surface area contributed by atoms with Crippen molar-refractivity contribution >= 4 is 17.9 Å². The molecule has 0 heterocycles. The third kappa shape index (κ3) is 15.0. The van der Waals surface area contributed by atoms with Crippen LogP contribution in [-0.4, -0.2) is 31.1 Å². The van der Waals surface area contributed by atoms with Crippen LogP contribution >= 0.6 is 0 Å². The van der Waals surface area contributed by atoms with Crippen molar-refractivity contribution in [2.75, 3.05) is 13.2 Å². The average Bonchev–Trinajstić information content (AvgIpc) is 2.64. The van der Waals surface area contributed by atoms with Crippen LogP contribution in [-0.2, 0) is 23.9 Å². The third-order valence-electron chi connectivity index (χ3n) is 4.22. The van der Waals surface area contributed by atoms with Crippen molar-refractivity contribution in [2.45, 2.75) is 78.1 Å². The molecule has 6 heteroatoms. The van der Waals surface area contributed by atoms with Gasteiger partial charge < -0.3 is 19.4 Å². The molecule has 0 aromatic carbocycles. The molecule has 1 atom stereocenters. The van der Waals surface area contributed by atoms with Gasteiger partial charge in [-0.05, 0) is 26.2 Å². The zero-order valence-electron chi connectivity index (χ0n) is 17.4. The van der Waals surface area contributed by atoms with Gasteiger partial charge in [-0.15, -0.1) is 0 Å². The van der Waals surface area contributed by atoms with Gasteiger partial charge in [0.15, 0.2) is 0 Å². The second-order valence-electron chi connectivity index (χ2n) is 6.97. The molecule has 6 nitrogen and oxygen atoms in total. The summed E-state index contributed by atoms with van der Waals surface area (Å²) in [7, 11) is 0. The van der Waals surface area contributed by atoms with E-state index in [-0.39, 0.29) is 25.2 Å². The van der Waals surface area contributed by atoms with E-state index in [1.54, 1.807) is 0 Å². The molecule has 28 heavy (non-hydrogen) atoms. The molecule has 1 unspecified atom stereocenters. The van der Waals surface area contributed by atoms with Gasteiger partial charge in [0.05, 0.1) is 5.92 Å². The lowest BCUT2D eigenvalue weighted by Gasteiger charge is -2.15. The number of carbonyl (C=O) groups is 3. The molecule has 0 fully saturated rings. The Balaban J connectivity index is 4.08. The second-order valence-corrected chi connectivity index (χ2v) is 6.97. The number of carboxylic acid groups (broad SMARTS) is 1. The summed E-state index contributed by atoms with van der Waals surface area (Å²) in [6.45, 7) is 6.95. The largest absolute Gasteiger partial charge is 0.550 e. The van der Waals surface area contributed by atoms with Gasteiger partial charge in [-0.1, -0.05) is 64.2 Å². The average molecular weight is 396 g/mol. The van der Waals surface area contributed by atoms with Gasteiger partial charge in [0.2, 0.25) is 0 Å². The number of carbonyl (C=O) groups excluding carboxylic acids is 3. The van der Waals surface area contributed by atoms with Crippen molar-refractivity contribution in [3.05, 3.63) is 24.3 Å². The quantitative estimate of drug-likeness (QED) is 0.162. The fourth-order valence-corrected chi connectivity index (χ4v) is 2.58. The van der Waals surface area contributed by atoms with Crippen LogP contribution in [0.4, 0.5) is 0 Å². The molecule has 0 saturated heterocycles. The summed E-state index contributed by atoms with van der Waals surface area (Å²) in [6.07, 6.45) is 13.2. The van der Waals surface area contributed by atoms with Gasteiger partial charge in [-0.2, -0.15) is 0 Å². The number of carboxylic acids is 1. The fraction of sp³-hybridized carbons (Fsp3) is 0.682. The van der Waals surface area contributed by atoms with E-state index in [1.165, 1.54) is 45.4 Å². The van der Waals surface area contributed by atoms with Crippen LogP contribution in [0.15, 0.2) is 24.3 Å². The number of rotatable bonds is 17. The zero-order valence-corrected chi connectivity index (χ0v) is 17.4. The van der Waals surface area contributed by atoms with E-state index in [2.05, 4.69) is 13.5 Å².